The SMILES string of the molecule is COCC(NS(=O)(=O)c1cc(C(=O)O)ccc1Br)C(C)C. The second kappa shape index (κ2) is 7.35. The van der Waals surface area contributed by atoms with E-state index in [1.807, 2.05) is 13.8 Å². The van der Waals surface area contributed by atoms with E-state index in [1.54, 1.807) is 0 Å². The van der Waals surface area contributed by atoms with E-state index < -0.39 is 22.0 Å². The first-order chi connectivity index (χ1) is 9.69. The van der Waals surface area contributed by atoms with Crippen LogP contribution < -0.4 is 4.72 Å². The Balaban J connectivity index is 3.18. The highest BCUT2D eigenvalue weighted by Crippen LogP contribution is 2.24. The van der Waals surface area contributed by atoms with Crippen molar-refractivity contribution < 1.29 is 23.1 Å². The molecule has 1 atom stereocenters. The topological polar surface area (TPSA) is 92.7 Å². The van der Waals surface area contributed by atoms with E-state index in [9.17, 15) is 13.2 Å². The van der Waals surface area contributed by atoms with Gasteiger partial charge < -0.3 is 9.84 Å². The summed E-state index contributed by atoms with van der Waals surface area (Å²) in [7, 11) is -2.36. The van der Waals surface area contributed by atoms with E-state index in [2.05, 4.69) is 20.7 Å². The number of hydrogen-bond donors (Lipinski definition) is 2. The molecule has 0 radical (unpaired) electrons. The Bertz CT molecular complexity index is 615. The quantitative estimate of drug-likeness (QED) is 0.756. The van der Waals surface area contributed by atoms with E-state index in [-0.39, 0.29) is 23.0 Å². The molecule has 0 saturated carbocycles. The summed E-state index contributed by atoms with van der Waals surface area (Å²) in [4.78, 5) is 10.9. The first-order valence-electron chi connectivity index (χ1n) is 6.23. The predicted molar refractivity (Wildman–Crippen MR) is 81.9 cm³/mol. The molecule has 21 heavy (non-hydrogen) atoms. The minimum absolute atomic E-state index is 0.0288. The highest BCUT2D eigenvalue weighted by atomic mass is 79.9. The van der Waals surface area contributed by atoms with Crippen molar-refractivity contribution in [1.29, 1.82) is 0 Å². The molecule has 0 saturated heterocycles. The van der Waals surface area contributed by atoms with Gasteiger partial charge in [0.2, 0.25) is 10.0 Å². The van der Waals surface area contributed by atoms with Gasteiger partial charge in [-0.2, -0.15) is 0 Å². The zero-order valence-corrected chi connectivity index (χ0v) is 14.4. The van der Waals surface area contributed by atoms with Crippen LogP contribution in [0.2, 0.25) is 0 Å². The molecule has 0 heterocycles. The highest BCUT2D eigenvalue weighted by Gasteiger charge is 2.25. The average molecular weight is 380 g/mol. The van der Waals surface area contributed by atoms with Gasteiger partial charge in [0.15, 0.2) is 0 Å². The van der Waals surface area contributed by atoms with Crippen molar-refractivity contribution in [3.05, 3.63) is 28.2 Å². The molecule has 0 amide bonds. The predicted octanol–water partition coefficient (Wildman–Crippen LogP) is 2.10. The van der Waals surface area contributed by atoms with Crippen molar-refractivity contribution in [3.8, 4) is 0 Å². The number of ether oxygens (including phenoxy) is 1. The highest BCUT2D eigenvalue weighted by molar-refractivity contribution is 9.10. The molecule has 0 fully saturated rings. The molecule has 1 aromatic rings. The van der Waals surface area contributed by atoms with Crippen LogP contribution in [0, 0.1) is 5.92 Å². The van der Waals surface area contributed by atoms with Crippen molar-refractivity contribution in [1.82, 2.24) is 4.72 Å². The first-order valence-corrected chi connectivity index (χ1v) is 8.50. The number of aromatic carboxylic acids is 1. The van der Waals surface area contributed by atoms with Crippen molar-refractivity contribution in [2.75, 3.05) is 13.7 Å². The molecule has 0 aliphatic heterocycles. The van der Waals surface area contributed by atoms with Crippen LogP contribution >= 0.6 is 15.9 Å². The number of carboxylic acids is 1. The molecular weight excluding hydrogens is 362 g/mol. The second-order valence-corrected chi connectivity index (χ2v) is 7.41. The van der Waals surface area contributed by atoms with Gasteiger partial charge in [0.25, 0.3) is 0 Å². The number of halogens is 1. The molecule has 0 spiro atoms. The zero-order chi connectivity index (χ0) is 16.2. The molecule has 0 bridgehead atoms. The number of carbonyl (C=O) groups is 1. The van der Waals surface area contributed by atoms with E-state index >= 15 is 0 Å². The standard InChI is InChI=1S/C13H18BrNO5S/c1-8(2)11(7-20-3)15-21(18,19)12-6-9(13(16)17)4-5-10(12)14/h4-6,8,11,15H,7H2,1-3H3,(H,16,17). The lowest BCUT2D eigenvalue weighted by molar-refractivity contribution is 0.0696. The van der Waals surface area contributed by atoms with Crippen molar-refractivity contribution in [3.63, 3.8) is 0 Å². The monoisotopic (exact) mass is 379 g/mol. The molecule has 1 rings (SSSR count). The lowest BCUT2D eigenvalue weighted by Crippen LogP contribution is -2.41. The fourth-order valence-electron chi connectivity index (χ4n) is 1.65. The maximum atomic E-state index is 12.4. The number of methoxy groups -OCH3 is 1. The Labute approximate surface area is 132 Å². The molecule has 0 aliphatic carbocycles. The normalized spacial score (nSPS) is 13.4. The van der Waals surface area contributed by atoms with Crippen LogP contribution in [-0.2, 0) is 14.8 Å². The van der Waals surface area contributed by atoms with Gasteiger partial charge in [0.1, 0.15) is 0 Å². The largest absolute Gasteiger partial charge is 0.478 e. The van der Waals surface area contributed by atoms with Crippen molar-refractivity contribution >= 4 is 31.9 Å². The number of rotatable bonds is 7. The van der Waals surface area contributed by atoms with Gasteiger partial charge in [-0.05, 0) is 40.0 Å². The minimum atomic E-state index is -3.85. The first kappa shape index (κ1) is 18.1. The number of sulfonamides is 1. The third-order valence-corrected chi connectivity index (χ3v) is 5.41. The Morgan fingerprint density at radius 3 is 2.52 bits per heavy atom. The Kier molecular flexibility index (Phi) is 6.33. The van der Waals surface area contributed by atoms with Gasteiger partial charge >= 0.3 is 5.97 Å². The van der Waals surface area contributed by atoms with Gasteiger partial charge in [-0.25, -0.2) is 17.9 Å². The van der Waals surface area contributed by atoms with Crippen molar-refractivity contribution in [2.45, 2.75) is 24.8 Å². The fraction of sp³-hybridized carbons (Fsp3) is 0.462. The summed E-state index contributed by atoms with van der Waals surface area (Å²) in [5, 5.41) is 8.97. The van der Waals surface area contributed by atoms with Crippen LogP contribution in [0.1, 0.15) is 24.2 Å². The van der Waals surface area contributed by atoms with Crippen LogP contribution in [0.5, 0.6) is 0 Å². The molecule has 0 aliphatic rings. The third-order valence-electron chi connectivity index (χ3n) is 2.93. The number of nitrogens with one attached hydrogen (secondary N) is 1. The summed E-state index contributed by atoms with van der Waals surface area (Å²) in [5.41, 5.74) is -0.0913. The average Bonchev–Trinajstić information content (AvgIpc) is 2.37. The molecule has 6 nitrogen and oxygen atoms in total. The maximum absolute atomic E-state index is 12.4. The van der Waals surface area contributed by atoms with E-state index in [0.717, 1.165) is 6.07 Å². The zero-order valence-electron chi connectivity index (χ0n) is 12.0. The van der Waals surface area contributed by atoms with Gasteiger partial charge in [-0.1, -0.05) is 13.8 Å². The minimum Gasteiger partial charge on any atom is -0.478 e. The molecule has 2 N–H and O–H groups in total. The fourth-order valence-corrected chi connectivity index (χ4v) is 4.01. The molecule has 0 aromatic heterocycles. The summed E-state index contributed by atoms with van der Waals surface area (Å²) < 4.78 is 32.7. The van der Waals surface area contributed by atoms with E-state index in [4.69, 9.17) is 9.84 Å². The maximum Gasteiger partial charge on any atom is 0.335 e. The van der Waals surface area contributed by atoms with Crippen LogP contribution in [-0.4, -0.2) is 39.3 Å². The summed E-state index contributed by atoms with van der Waals surface area (Å²) in [6, 6.07) is 3.46. The lowest BCUT2D eigenvalue weighted by Gasteiger charge is -2.21. The van der Waals surface area contributed by atoms with Gasteiger partial charge in [0, 0.05) is 17.6 Å². The molecular formula is C13H18BrNO5S. The Morgan fingerprint density at radius 2 is 2.05 bits per heavy atom. The third kappa shape index (κ3) is 4.77. The van der Waals surface area contributed by atoms with Crippen LogP contribution in [0.25, 0.3) is 0 Å². The van der Waals surface area contributed by atoms with Crippen molar-refractivity contribution in [2.24, 2.45) is 5.92 Å². The van der Waals surface area contributed by atoms with Gasteiger partial charge in [-0.15, -0.1) is 0 Å². The summed E-state index contributed by atoms with van der Waals surface area (Å²) in [6.45, 7) is 3.97. The number of carboxylic acid groups (broad SMARTS) is 1. The second-order valence-electron chi connectivity index (χ2n) is 4.88. The molecule has 118 valence electrons. The number of hydrogen-bond acceptors (Lipinski definition) is 4. The summed E-state index contributed by atoms with van der Waals surface area (Å²) in [5.74, 6) is -1.16. The van der Waals surface area contributed by atoms with E-state index in [1.165, 1.54) is 19.2 Å². The van der Waals surface area contributed by atoms with Gasteiger partial charge in [0.05, 0.1) is 17.1 Å². The lowest BCUT2D eigenvalue weighted by atomic mass is 10.1. The molecule has 8 heteroatoms. The van der Waals surface area contributed by atoms with E-state index in [0.29, 0.717) is 4.47 Å². The summed E-state index contributed by atoms with van der Waals surface area (Å²) >= 11 is 3.14. The summed E-state index contributed by atoms with van der Waals surface area (Å²) in [6.07, 6.45) is 0. The molecule has 1 aromatic carbocycles. The van der Waals surface area contributed by atoms with Crippen LogP contribution in [0.4, 0.5) is 0 Å². The van der Waals surface area contributed by atoms with Gasteiger partial charge in [-0.3, -0.25) is 0 Å². The smallest absolute Gasteiger partial charge is 0.335 e. The number of benzene rings is 1. The molecule has 1 unspecified atom stereocenters. The van der Waals surface area contributed by atoms with Crippen LogP contribution in [0.15, 0.2) is 27.6 Å². The Hall–Kier alpha value is -0.960. The van der Waals surface area contributed by atoms with Crippen LogP contribution in [0.3, 0.4) is 0 Å². The Morgan fingerprint density at radius 1 is 1.43 bits per heavy atom.